The van der Waals surface area contributed by atoms with Crippen LogP contribution in [0, 0.1) is 0 Å². The zero-order valence-electron chi connectivity index (χ0n) is 12.3. The third-order valence-electron chi connectivity index (χ3n) is 4.32. The van der Waals surface area contributed by atoms with Crippen molar-refractivity contribution in [2.75, 3.05) is 27.7 Å². The lowest BCUT2D eigenvalue weighted by molar-refractivity contribution is 0.0251. The normalized spacial score (nSPS) is 16.8. The molecule has 1 amide bonds. The zero-order chi connectivity index (χ0) is 14.9. The first-order valence-corrected chi connectivity index (χ1v) is 6.81. The van der Waals surface area contributed by atoms with Gasteiger partial charge in [-0.3, -0.25) is 4.79 Å². The number of amides is 1. The molecule has 1 fully saturated rings. The number of hydrogen-bond acceptors (Lipinski definition) is 4. The van der Waals surface area contributed by atoms with E-state index in [1.807, 2.05) is 14.1 Å². The summed E-state index contributed by atoms with van der Waals surface area (Å²) in [7, 11) is 5.79. The Kier molecular flexibility index (Phi) is 3.90. The molecule has 1 aromatic rings. The zero-order valence-corrected chi connectivity index (χ0v) is 12.3. The van der Waals surface area contributed by atoms with Crippen molar-refractivity contribution in [1.82, 2.24) is 9.80 Å². The minimum absolute atomic E-state index is 0.0227. The first kappa shape index (κ1) is 14.7. The van der Waals surface area contributed by atoms with Crippen LogP contribution in [-0.4, -0.2) is 59.1 Å². The van der Waals surface area contributed by atoms with Gasteiger partial charge in [-0.2, -0.15) is 0 Å². The van der Waals surface area contributed by atoms with E-state index in [0.29, 0.717) is 6.54 Å². The minimum Gasteiger partial charge on any atom is -0.508 e. The molecule has 0 unspecified atom stereocenters. The fourth-order valence-electron chi connectivity index (χ4n) is 2.75. The summed E-state index contributed by atoms with van der Waals surface area (Å²) in [6, 6.07) is 4.00. The fourth-order valence-corrected chi connectivity index (χ4v) is 2.75. The number of rotatable bonds is 4. The lowest BCUT2D eigenvalue weighted by Crippen LogP contribution is -2.57. The van der Waals surface area contributed by atoms with Gasteiger partial charge >= 0.3 is 0 Å². The van der Waals surface area contributed by atoms with Crippen molar-refractivity contribution < 1.29 is 15.0 Å². The molecule has 5 heteroatoms. The van der Waals surface area contributed by atoms with Crippen LogP contribution in [0.3, 0.4) is 0 Å². The molecule has 2 rings (SSSR count). The Hall–Kier alpha value is -1.75. The third-order valence-corrected chi connectivity index (χ3v) is 4.32. The SMILES string of the molecule is CN(CC1(N(C)C)CCC1)C(=O)c1cc(O)ccc1O. The highest BCUT2D eigenvalue weighted by Gasteiger charge is 2.40. The Bertz CT molecular complexity index is 510. The van der Waals surface area contributed by atoms with Gasteiger partial charge in [0, 0.05) is 19.1 Å². The van der Waals surface area contributed by atoms with E-state index in [0.717, 1.165) is 12.8 Å². The van der Waals surface area contributed by atoms with Gasteiger partial charge in [0.25, 0.3) is 5.91 Å². The third kappa shape index (κ3) is 2.58. The van der Waals surface area contributed by atoms with Gasteiger partial charge in [-0.1, -0.05) is 0 Å². The first-order chi connectivity index (χ1) is 9.35. The largest absolute Gasteiger partial charge is 0.508 e. The second-order valence-electron chi connectivity index (χ2n) is 5.83. The standard InChI is InChI=1S/C15H22N2O3/c1-16(2)15(7-4-8-15)10-17(3)14(20)12-9-11(18)5-6-13(12)19/h5-6,9,18-19H,4,7-8,10H2,1-3H3. The summed E-state index contributed by atoms with van der Waals surface area (Å²) in [5, 5.41) is 19.2. The predicted octanol–water partition coefficient (Wildman–Crippen LogP) is 1.65. The number of carbonyl (C=O) groups is 1. The minimum atomic E-state index is -0.272. The number of likely N-dealkylation sites (N-methyl/N-ethyl adjacent to an activating group) is 2. The van der Waals surface area contributed by atoms with Crippen LogP contribution in [-0.2, 0) is 0 Å². The summed E-state index contributed by atoms with van der Waals surface area (Å²) >= 11 is 0. The molecule has 0 radical (unpaired) electrons. The van der Waals surface area contributed by atoms with E-state index in [9.17, 15) is 15.0 Å². The van der Waals surface area contributed by atoms with Crippen LogP contribution in [0.15, 0.2) is 18.2 Å². The van der Waals surface area contributed by atoms with E-state index in [-0.39, 0.29) is 28.5 Å². The summed E-state index contributed by atoms with van der Waals surface area (Å²) in [6.07, 6.45) is 3.32. The lowest BCUT2D eigenvalue weighted by Gasteiger charge is -2.49. The van der Waals surface area contributed by atoms with Gasteiger partial charge in [0.05, 0.1) is 5.56 Å². The van der Waals surface area contributed by atoms with Gasteiger partial charge in [-0.15, -0.1) is 0 Å². The van der Waals surface area contributed by atoms with E-state index >= 15 is 0 Å². The molecule has 0 aromatic heterocycles. The summed E-state index contributed by atoms with van der Waals surface area (Å²) in [5.74, 6) is -0.399. The van der Waals surface area contributed by atoms with Crippen molar-refractivity contribution >= 4 is 5.91 Å². The maximum absolute atomic E-state index is 12.4. The van der Waals surface area contributed by atoms with Crippen LogP contribution >= 0.6 is 0 Å². The molecule has 0 aliphatic heterocycles. The Balaban J connectivity index is 2.14. The molecule has 0 heterocycles. The van der Waals surface area contributed by atoms with E-state index in [1.54, 1.807) is 11.9 Å². The molecule has 110 valence electrons. The van der Waals surface area contributed by atoms with Crippen molar-refractivity contribution in [2.45, 2.75) is 24.8 Å². The molecular formula is C15H22N2O3. The summed E-state index contributed by atoms with van der Waals surface area (Å²) in [4.78, 5) is 16.2. The molecule has 0 bridgehead atoms. The molecule has 20 heavy (non-hydrogen) atoms. The number of carbonyl (C=O) groups excluding carboxylic acids is 1. The fraction of sp³-hybridized carbons (Fsp3) is 0.533. The highest BCUT2D eigenvalue weighted by Crippen LogP contribution is 2.37. The van der Waals surface area contributed by atoms with Gasteiger partial charge in [0.1, 0.15) is 11.5 Å². The lowest BCUT2D eigenvalue weighted by atomic mass is 9.75. The average Bonchev–Trinajstić information content (AvgIpc) is 2.35. The Morgan fingerprint density at radius 1 is 1.25 bits per heavy atom. The molecule has 1 aromatic carbocycles. The second-order valence-corrected chi connectivity index (χ2v) is 5.83. The van der Waals surface area contributed by atoms with Crippen molar-refractivity contribution in [3.63, 3.8) is 0 Å². The van der Waals surface area contributed by atoms with Gasteiger partial charge in [-0.25, -0.2) is 0 Å². The highest BCUT2D eigenvalue weighted by molar-refractivity contribution is 5.97. The molecule has 1 aliphatic rings. The maximum atomic E-state index is 12.4. The van der Waals surface area contributed by atoms with Crippen LogP contribution in [0.1, 0.15) is 29.6 Å². The number of phenols is 2. The number of hydrogen-bond donors (Lipinski definition) is 2. The van der Waals surface area contributed by atoms with Crippen LogP contribution in [0.2, 0.25) is 0 Å². The predicted molar refractivity (Wildman–Crippen MR) is 77.0 cm³/mol. The van der Waals surface area contributed by atoms with Crippen LogP contribution in [0.4, 0.5) is 0 Å². The number of benzene rings is 1. The second kappa shape index (κ2) is 5.32. The quantitative estimate of drug-likeness (QED) is 0.822. The van der Waals surface area contributed by atoms with Gasteiger partial charge < -0.3 is 20.0 Å². The molecule has 5 nitrogen and oxygen atoms in total. The highest BCUT2D eigenvalue weighted by atomic mass is 16.3. The smallest absolute Gasteiger partial charge is 0.257 e. The topological polar surface area (TPSA) is 64.0 Å². The van der Waals surface area contributed by atoms with Crippen LogP contribution < -0.4 is 0 Å². The Morgan fingerprint density at radius 3 is 2.40 bits per heavy atom. The van der Waals surface area contributed by atoms with Gasteiger partial charge in [0.15, 0.2) is 0 Å². The molecule has 0 atom stereocenters. The van der Waals surface area contributed by atoms with E-state index in [1.165, 1.54) is 24.6 Å². The number of aromatic hydroxyl groups is 2. The Labute approximate surface area is 119 Å². The molecule has 0 spiro atoms. The van der Waals surface area contributed by atoms with E-state index < -0.39 is 0 Å². The molecule has 1 saturated carbocycles. The molecule has 2 N–H and O–H groups in total. The molecule has 1 aliphatic carbocycles. The molecular weight excluding hydrogens is 256 g/mol. The average molecular weight is 278 g/mol. The summed E-state index contributed by atoms with van der Waals surface area (Å²) < 4.78 is 0. The Morgan fingerprint density at radius 2 is 1.90 bits per heavy atom. The van der Waals surface area contributed by atoms with Crippen LogP contribution in [0.5, 0.6) is 11.5 Å². The van der Waals surface area contributed by atoms with Gasteiger partial charge in [0.2, 0.25) is 0 Å². The van der Waals surface area contributed by atoms with E-state index in [2.05, 4.69) is 4.90 Å². The monoisotopic (exact) mass is 278 g/mol. The van der Waals surface area contributed by atoms with Crippen molar-refractivity contribution in [3.8, 4) is 11.5 Å². The van der Waals surface area contributed by atoms with Crippen LogP contribution in [0.25, 0.3) is 0 Å². The number of phenolic OH excluding ortho intramolecular Hbond substituents is 2. The summed E-state index contributed by atoms with van der Waals surface area (Å²) in [5.41, 5.74) is 0.178. The van der Waals surface area contributed by atoms with Crippen molar-refractivity contribution in [1.29, 1.82) is 0 Å². The maximum Gasteiger partial charge on any atom is 0.257 e. The van der Waals surface area contributed by atoms with E-state index in [4.69, 9.17) is 0 Å². The molecule has 0 saturated heterocycles. The van der Waals surface area contributed by atoms with Crippen molar-refractivity contribution in [2.24, 2.45) is 0 Å². The van der Waals surface area contributed by atoms with Gasteiger partial charge in [-0.05, 0) is 51.6 Å². The number of nitrogens with zero attached hydrogens (tertiary/aromatic N) is 2. The summed E-state index contributed by atoms with van der Waals surface area (Å²) in [6.45, 7) is 0.619. The van der Waals surface area contributed by atoms with Crippen molar-refractivity contribution in [3.05, 3.63) is 23.8 Å². The first-order valence-electron chi connectivity index (χ1n) is 6.81.